The first kappa shape index (κ1) is 16.9. The lowest BCUT2D eigenvalue weighted by Gasteiger charge is -2.16. The molecule has 2 aromatic rings. The summed E-state index contributed by atoms with van der Waals surface area (Å²) in [7, 11) is 0. The van der Waals surface area contributed by atoms with Crippen LogP contribution in [0.15, 0.2) is 42.7 Å². The molecule has 0 radical (unpaired) electrons. The average molecular weight is 315 g/mol. The second kappa shape index (κ2) is 8.24. The Hall–Kier alpha value is -2.47. The number of aliphatic carboxylic acids is 1. The summed E-state index contributed by atoms with van der Waals surface area (Å²) in [5.74, 6) is 0.100. The van der Waals surface area contributed by atoms with Crippen molar-refractivity contribution in [1.82, 2.24) is 15.3 Å². The van der Waals surface area contributed by atoms with E-state index in [1.165, 1.54) is 0 Å². The first-order valence-electron chi connectivity index (χ1n) is 7.54. The fourth-order valence-corrected chi connectivity index (χ4v) is 2.15. The van der Waals surface area contributed by atoms with Gasteiger partial charge in [0.1, 0.15) is 11.8 Å². The number of ether oxygens (including phenoxy) is 1. The zero-order valence-electron chi connectivity index (χ0n) is 13.3. The highest BCUT2D eigenvalue weighted by atomic mass is 16.5. The molecule has 0 amide bonds. The summed E-state index contributed by atoms with van der Waals surface area (Å²) in [5, 5.41) is 12.3. The van der Waals surface area contributed by atoms with Gasteiger partial charge in [0.25, 0.3) is 0 Å². The minimum Gasteiger partial charge on any atom is -0.480 e. The summed E-state index contributed by atoms with van der Waals surface area (Å²) >= 11 is 0. The number of benzene rings is 1. The molecular weight excluding hydrogens is 294 g/mol. The van der Waals surface area contributed by atoms with E-state index in [1.807, 2.05) is 38.1 Å². The third-order valence-corrected chi connectivity index (χ3v) is 3.21. The van der Waals surface area contributed by atoms with Crippen LogP contribution in [0.4, 0.5) is 0 Å². The number of rotatable bonds is 8. The molecule has 6 nitrogen and oxygen atoms in total. The van der Waals surface area contributed by atoms with E-state index in [2.05, 4.69) is 15.3 Å². The maximum Gasteiger partial charge on any atom is 0.321 e. The lowest BCUT2D eigenvalue weighted by Crippen LogP contribution is -2.37. The topological polar surface area (TPSA) is 84.3 Å². The summed E-state index contributed by atoms with van der Waals surface area (Å²) in [5.41, 5.74) is 0.938. The summed E-state index contributed by atoms with van der Waals surface area (Å²) in [6.45, 7) is 4.47. The van der Waals surface area contributed by atoms with Crippen molar-refractivity contribution in [3.63, 3.8) is 0 Å². The second-order valence-electron chi connectivity index (χ2n) is 5.68. The van der Waals surface area contributed by atoms with Crippen LogP contribution in [-0.2, 0) is 11.3 Å². The molecule has 0 saturated heterocycles. The van der Waals surface area contributed by atoms with Crippen LogP contribution in [0.1, 0.15) is 25.8 Å². The molecule has 1 atom stereocenters. The monoisotopic (exact) mass is 315 g/mol. The minimum absolute atomic E-state index is 0.279. The zero-order chi connectivity index (χ0) is 16.7. The molecule has 0 aliphatic rings. The molecular formula is C17H21N3O3. The number of nitrogens with zero attached hydrogens (tertiary/aromatic N) is 2. The van der Waals surface area contributed by atoms with Crippen molar-refractivity contribution < 1.29 is 14.6 Å². The molecule has 6 heteroatoms. The van der Waals surface area contributed by atoms with Crippen LogP contribution in [-0.4, -0.2) is 27.1 Å². The predicted octanol–water partition coefficient (Wildman–Crippen LogP) is 2.86. The van der Waals surface area contributed by atoms with Crippen LogP contribution in [0.2, 0.25) is 0 Å². The van der Waals surface area contributed by atoms with Gasteiger partial charge < -0.3 is 15.2 Å². The zero-order valence-corrected chi connectivity index (χ0v) is 13.3. The highest BCUT2D eigenvalue weighted by Gasteiger charge is 2.18. The Kier molecular flexibility index (Phi) is 6.05. The molecule has 0 unspecified atom stereocenters. The van der Waals surface area contributed by atoms with Gasteiger partial charge in [-0.25, -0.2) is 9.97 Å². The molecule has 0 saturated carbocycles. The molecule has 0 aliphatic heterocycles. The van der Waals surface area contributed by atoms with Gasteiger partial charge in [-0.05, 0) is 36.1 Å². The van der Waals surface area contributed by atoms with E-state index in [0.717, 1.165) is 5.56 Å². The van der Waals surface area contributed by atoms with Crippen molar-refractivity contribution in [1.29, 1.82) is 0 Å². The standard InChI is InChI=1S/C17H21N3O3/c1-12(2)9-15(16(21)22)20-11-13-5-3-6-14(10-13)23-17-18-7-4-8-19-17/h3-8,10,12,15,20H,9,11H2,1-2H3,(H,21,22)/t15-/m0/s1. The van der Waals surface area contributed by atoms with Crippen molar-refractivity contribution in [2.75, 3.05) is 0 Å². The van der Waals surface area contributed by atoms with E-state index in [1.54, 1.807) is 18.5 Å². The van der Waals surface area contributed by atoms with Crippen molar-refractivity contribution in [3.8, 4) is 11.8 Å². The van der Waals surface area contributed by atoms with E-state index < -0.39 is 12.0 Å². The average Bonchev–Trinajstić information content (AvgIpc) is 2.52. The van der Waals surface area contributed by atoms with Crippen LogP contribution in [0.3, 0.4) is 0 Å². The number of carbonyl (C=O) groups is 1. The SMILES string of the molecule is CC(C)C[C@H](NCc1cccc(Oc2ncccn2)c1)C(=O)O. The Morgan fingerprint density at radius 1 is 1.26 bits per heavy atom. The summed E-state index contributed by atoms with van der Waals surface area (Å²) in [6, 6.07) is 8.86. The number of nitrogens with one attached hydrogen (secondary N) is 1. The van der Waals surface area contributed by atoms with E-state index in [0.29, 0.717) is 24.6 Å². The Bertz CT molecular complexity index is 632. The van der Waals surface area contributed by atoms with Gasteiger partial charge in [-0.3, -0.25) is 4.79 Å². The van der Waals surface area contributed by atoms with Crippen LogP contribution in [0, 0.1) is 5.92 Å². The van der Waals surface area contributed by atoms with Crippen molar-refractivity contribution in [2.24, 2.45) is 5.92 Å². The van der Waals surface area contributed by atoms with Gasteiger partial charge in [0.05, 0.1) is 0 Å². The number of hydrogen-bond acceptors (Lipinski definition) is 5. The number of aromatic nitrogens is 2. The molecule has 1 heterocycles. The number of hydrogen-bond donors (Lipinski definition) is 2. The van der Waals surface area contributed by atoms with Gasteiger partial charge in [-0.15, -0.1) is 0 Å². The Morgan fingerprint density at radius 2 is 2.00 bits per heavy atom. The quantitative estimate of drug-likeness (QED) is 0.779. The third kappa shape index (κ3) is 5.67. The first-order chi connectivity index (χ1) is 11.0. The molecule has 23 heavy (non-hydrogen) atoms. The Balaban J connectivity index is 1.98. The maximum atomic E-state index is 11.3. The molecule has 1 aromatic carbocycles. The Labute approximate surface area is 135 Å². The molecule has 0 fully saturated rings. The van der Waals surface area contributed by atoms with Crippen molar-refractivity contribution in [2.45, 2.75) is 32.9 Å². The third-order valence-electron chi connectivity index (χ3n) is 3.21. The molecule has 0 aliphatic carbocycles. The van der Waals surface area contributed by atoms with Gasteiger partial charge in [0, 0.05) is 18.9 Å². The van der Waals surface area contributed by atoms with Crippen molar-refractivity contribution >= 4 is 5.97 Å². The smallest absolute Gasteiger partial charge is 0.321 e. The molecule has 0 spiro atoms. The van der Waals surface area contributed by atoms with Crippen LogP contribution >= 0.6 is 0 Å². The van der Waals surface area contributed by atoms with Crippen molar-refractivity contribution in [3.05, 3.63) is 48.3 Å². The molecule has 1 aromatic heterocycles. The lowest BCUT2D eigenvalue weighted by molar-refractivity contribution is -0.140. The lowest BCUT2D eigenvalue weighted by atomic mass is 10.0. The Morgan fingerprint density at radius 3 is 2.65 bits per heavy atom. The van der Waals surface area contributed by atoms with E-state index in [-0.39, 0.29) is 6.01 Å². The fraction of sp³-hybridized carbons (Fsp3) is 0.353. The fourth-order valence-electron chi connectivity index (χ4n) is 2.15. The van der Waals surface area contributed by atoms with Gasteiger partial charge in [-0.2, -0.15) is 0 Å². The summed E-state index contributed by atoms with van der Waals surface area (Å²) < 4.78 is 5.57. The van der Waals surface area contributed by atoms with E-state index in [9.17, 15) is 9.90 Å². The van der Waals surface area contributed by atoms with Gasteiger partial charge in [0.15, 0.2) is 0 Å². The molecule has 2 N–H and O–H groups in total. The molecule has 122 valence electrons. The number of carboxylic acids is 1. The highest BCUT2D eigenvalue weighted by Crippen LogP contribution is 2.18. The number of carboxylic acid groups (broad SMARTS) is 1. The highest BCUT2D eigenvalue weighted by molar-refractivity contribution is 5.73. The molecule has 2 rings (SSSR count). The van der Waals surface area contributed by atoms with E-state index in [4.69, 9.17) is 4.74 Å². The second-order valence-corrected chi connectivity index (χ2v) is 5.68. The van der Waals surface area contributed by atoms with Crippen LogP contribution in [0.25, 0.3) is 0 Å². The van der Waals surface area contributed by atoms with Crippen LogP contribution < -0.4 is 10.1 Å². The van der Waals surface area contributed by atoms with E-state index >= 15 is 0 Å². The van der Waals surface area contributed by atoms with Gasteiger partial charge in [0.2, 0.25) is 0 Å². The summed E-state index contributed by atoms with van der Waals surface area (Å²) in [6.07, 6.45) is 3.80. The van der Waals surface area contributed by atoms with Crippen LogP contribution in [0.5, 0.6) is 11.8 Å². The first-order valence-corrected chi connectivity index (χ1v) is 7.54. The van der Waals surface area contributed by atoms with Gasteiger partial charge >= 0.3 is 12.0 Å². The largest absolute Gasteiger partial charge is 0.480 e. The van der Waals surface area contributed by atoms with Gasteiger partial charge in [-0.1, -0.05) is 26.0 Å². The normalized spacial score (nSPS) is 12.1. The molecule has 0 bridgehead atoms. The summed E-state index contributed by atoms with van der Waals surface area (Å²) in [4.78, 5) is 19.3. The predicted molar refractivity (Wildman–Crippen MR) is 86.3 cm³/mol. The minimum atomic E-state index is -0.830. The maximum absolute atomic E-state index is 11.3.